The van der Waals surface area contributed by atoms with Crippen LogP contribution in [-0.2, 0) is 11.3 Å². The predicted octanol–water partition coefficient (Wildman–Crippen LogP) is 2.89. The molecule has 1 aromatic heterocycles. The molecule has 2 heterocycles. The maximum absolute atomic E-state index is 12.5. The zero-order chi connectivity index (χ0) is 17.6. The number of para-hydroxylation sites is 2. The number of aliphatic hydroxyl groups excluding tert-OH is 1. The molecule has 0 atom stereocenters. The van der Waals surface area contributed by atoms with Gasteiger partial charge in [-0.2, -0.15) is 0 Å². The van der Waals surface area contributed by atoms with E-state index in [-0.39, 0.29) is 18.3 Å². The Balaban J connectivity index is 1.71. The monoisotopic (exact) mass is 344 g/mol. The Bertz CT molecular complexity index is 705. The van der Waals surface area contributed by atoms with E-state index >= 15 is 0 Å². The van der Waals surface area contributed by atoms with Crippen LogP contribution in [0.15, 0.2) is 40.8 Å². The molecule has 3 rings (SSSR count). The summed E-state index contributed by atoms with van der Waals surface area (Å²) in [5, 5.41) is 12.2. The zero-order valence-corrected chi connectivity index (χ0v) is 14.4. The highest BCUT2D eigenvalue weighted by Crippen LogP contribution is 2.30. The highest BCUT2D eigenvalue weighted by Gasteiger charge is 2.21. The van der Waals surface area contributed by atoms with Gasteiger partial charge in [0.2, 0.25) is 0 Å². The molecule has 0 radical (unpaired) electrons. The molecule has 6 heteroatoms. The van der Waals surface area contributed by atoms with Crippen molar-refractivity contribution < 1.29 is 19.1 Å². The van der Waals surface area contributed by atoms with Gasteiger partial charge in [-0.1, -0.05) is 12.1 Å². The van der Waals surface area contributed by atoms with E-state index in [0.717, 1.165) is 37.3 Å². The number of rotatable bonds is 6. The van der Waals surface area contributed by atoms with Crippen LogP contribution >= 0.6 is 0 Å². The van der Waals surface area contributed by atoms with Gasteiger partial charge in [0.1, 0.15) is 12.4 Å². The maximum atomic E-state index is 12.5. The molecule has 1 aliphatic rings. The lowest BCUT2D eigenvalue weighted by Crippen LogP contribution is -2.35. The number of hydrogen-bond donors (Lipinski definition) is 2. The number of benzene rings is 1. The van der Waals surface area contributed by atoms with Crippen LogP contribution in [0.1, 0.15) is 29.2 Å². The van der Waals surface area contributed by atoms with E-state index < -0.39 is 0 Å². The molecule has 0 aliphatic carbocycles. The van der Waals surface area contributed by atoms with Crippen molar-refractivity contribution in [3.63, 3.8) is 0 Å². The molecule has 0 unspecified atom stereocenters. The number of piperidine rings is 1. The van der Waals surface area contributed by atoms with Crippen LogP contribution in [0.4, 0.5) is 11.4 Å². The number of ether oxygens (including phenoxy) is 1. The van der Waals surface area contributed by atoms with E-state index in [1.165, 1.54) is 0 Å². The number of amides is 1. The summed E-state index contributed by atoms with van der Waals surface area (Å²) in [6, 6.07) is 11.2. The van der Waals surface area contributed by atoms with Crippen molar-refractivity contribution in [3.8, 4) is 0 Å². The van der Waals surface area contributed by atoms with Crippen LogP contribution in [0, 0.1) is 5.92 Å². The number of nitrogens with one attached hydrogen (secondary N) is 1. The van der Waals surface area contributed by atoms with Crippen molar-refractivity contribution in [2.75, 3.05) is 37.0 Å². The molecule has 1 aromatic carbocycles. The first-order valence-electron chi connectivity index (χ1n) is 8.55. The maximum Gasteiger partial charge on any atom is 0.291 e. The summed E-state index contributed by atoms with van der Waals surface area (Å²) in [5.74, 6) is 0.980. The number of anilines is 2. The summed E-state index contributed by atoms with van der Waals surface area (Å²) in [6.45, 7) is 2.33. The molecule has 0 saturated carbocycles. The van der Waals surface area contributed by atoms with Gasteiger partial charge in [-0.15, -0.1) is 0 Å². The summed E-state index contributed by atoms with van der Waals surface area (Å²) in [6.07, 6.45) is 1.91. The summed E-state index contributed by atoms with van der Waals surface area (Å²) in [7, 11) is 1.58. The number of hydrogen-bond acceptors (Lipinski definition) is 5. The van der Waals surface area contributed by atoms with Crippen LogP contribution in [0.2, 0.25) is 0 Å². The standard InChI is InChI=1S/C19H24N2O4/c1-24-13-15-6-7-18(25-15)19(23)20-16-4-2-3-5-17(16)21-10-8-14(12-22)9-11-21/h2-7,14,22H,8-13H2,1H3,(H,20,23). The highest BCUT2D eigenvalue weighted by molar-refractivity contribution is 6.04. The summed E-state index contributed by atoms with van der Waals surface area (Å²) >= 11 is 0. The van der Waals surface area contributed by atoms with Crippen molar-refractivity contribution in [2.24, 2.45) is 5.92 Å². The van der Waals surface area contributed by atoms with Gasteiger partial charge >= 0.3 is 0 Å². The Labute approximate surface area is 147 Å². The predicted molar refractivity (Wildman–Crippen MR) is 95.8 cm³/mol. The third-order valence-electron chi connectivity index (χ3n) is 4.54. The molecule has 134 valence electrons. The Morgan fingerprint density at radius 2 is 2.04 bits per heavy atom. The van der Waals surface area contributed by atoms with Gasteiger partial charge < -0.3 is 24.5 Å². The Hall–Kier alpha value is -2.31. The second-order valence-corrected chi connectivity index (χ2v) is 6.28. The fraction of sp³-hybridized carbons (Fsp3) is 0.421. The molecule has 25 heavy (non-hydrogen) atoms. The molecule has 0 bridgehead atoms. The van der Waals surface area contributed by atoms with Crippen LogP contribution in [0.5, 0.6) is 0 Å². The first kappa shape index (κ1) is 17.5. The first-order valence-corrected chi connectivity index (χ1v) is 8.55. The van der Waals surface area contributed by atoms with Gasteiger partial charge in [0.05, 0.1) is 11.4 Å². The highest BCUT2D eigenvalue weighted by atomic mass is 16.5. The Morgan fingerprint density at radius 1 is 1.28 bits per heavy atom. The van der Waals surface area contributed by atoms with E-state index in [4.69, 9.17) is 9.15 Å². The number of furan rings is 1. The van der Waals surface area contributed by atoms with Crippen LogP contribution in [-0.4, -0.2) is 37.8 Å². The average molecular weight is 344 g/mol. The molecule has 1 fully saturated rings. The fourth-order valence-corrected chi connectivity index (χ4v) is 3.12. The molecule has 1 amide bonds. The fourth-order valence-electron chi connectivity index (χ4n) is 3.12. The van der Waals surface area contributed by atoms with Gasteiger partial charge in [-0.05, 0) is 43.0 Å². The van der Waals surface area contributed by atoms with Crippen molar-refractivity contribution in [3.05, 3.63) is 47.9 Å². The second-order valence-electron chi connectivity index (χ2n) is 6.28. The Morgan fingerprint density at radius 3 is 2.76 bits per heavy atom. The Kier molecular flexibility index (Phi) is 5.73. The summed E-state index contributed by atoms with van der Waals surface area (Å²) in [4.78, 5) is 14.7. The van der Waals surface area contributed by atoms with Crippen LogP contribution in [0.3, 0.4) is 0 Å². The topological polar surface area (TPSA) is 74.9 Å². The number of carbonyl (C=O) groups excluding carboxylic acids is 1. The number of aliphatic hydroxyl groups is 1. The van der Waals surface area contributed by atoms with Crippen molar-refractivity contribution in [2.45, 2.75) is 19.4 Å². The number of nitrogens with zero attached hydrogens (tertiary/aromatic N) is 1. The van der Waals surface area contributed by atoms with Crippen molar-refractivity contribution >= 4 is 17.3 Å². The van der Waals surface area contributed by atoms with E-state index in [1.807, 2.05) is 24.3 Å². The minimum absolute atomic E-state index is 0.245. The van der Waals surface area contributed by atoms with Crippen LogP contribution < -0.4 is 10.2 Å². The number of methoxy groups -OCH3 is 1. The number of carbonyl (C=O) groups is 1. The van der Waals surface area contributed by atoms with E-state index in [2.05, 4.69) is 10.2 Å². The lowest BCUT2D eigenvalue weighted by Gasteiger charge is -2.34. The second kappa shape index (κ2) is 8.18. The normalized spacial score (nSPS) is 15.4. The minimum atomic E-state index is -0.278. The summed E-state index contributed by atoms with van der Waals surface area (Å²) < 4.78 is 10.5. The lowest BCUT2D eigenvalue weighted by molar-refractivity contribution is 0.0987. The van der Waals surface area contributed by atoms with Gasteiger partial charge in [0, 0.05) is 26.8 Å². The first-order chi connectivity index (χ1) is 12.2. The van der Waals surface area contributed by atoms with Crippen molar-refractivity contribution in [1.82, 2.24) is 0 Å². The smallest absolute Gasteiger partial charge is 0.291 e. The lowest BCUT2D eigenvalue weighted by atomic mass is 9.97. The van der Waals surface area contributed by atoms with E-state index in [0.29, 0.717) is 18.3 Å². The largest absolute Gasteiger partial charge is 0.453 e. The van der Waals surface area contributed by atoms with E-state index in [9.17, 15) is 9.90 Å². The van der Waals surface area contributed by atoms with Gasteiger partial charge in [-0.25, -0.2) is 0 Å². The van der Waals surface area contributed by atoms with Gasteiger partial charge in [0.15, 0.2) is 5.76 Å². The quantitative estimate of drug-likeness (QED) is 0.843. The molecule has 2 aromatic rings. The SMILES string of the molecule is COCc1ccc(C(=O)Nc2ccccc2N2CCC(CO)CC2)o1. The van der Waals surface area contributed by atoms with Crippen LogP contribution in [0.25, 0.3) is 0 Å². The molecular formula is C19H24N2O4. The third-order valence-corrected chi connectivity index (χ3v) is 4.54. The zero-order valence-electron chi connectivity index (χ0n) is 14.4. The molecular weight excluding hydrogens is 320 g/mol. The van der Waals surface area contributed by atoms with Gasteiger partial charge in [-0.3, -0.25) is 4.79 Å². The molecule has 2 N–H and O–H groups in total. The van der Waals surface area contributed by atoms with Crippen molar-refractivity contribution in [1.29, 1.82) is 0 Å². The van der Waals surface area contributed by atoms with E-state index in [1.54, 1.807) is 19.2 Å². The van der Waals surface area contributed by atoms with Gasteiger partial charge in [0.25, 0.3) is 5.91 Å². The molecule has 1 saturated heterocycles. The molecule has 1 aliphatic heterocycles. The summed E-state index contributed by atoms with van der Waals surface area (Å²) in [5.41, 5.74) is 1.76. The third kappa shape index (κ3) is 4.21. The average Bonchev–Trinajstić information content (AvgIpc) is 3.11. The molecule has 6 nitrogen and oxygen atoms in total. The molecule has 0 spiro atoms. The minimum Gasteiger partial charge on any atom is -0.453 e.